The molecule has 4 N–H and O–H groups in total. The fourth-order valence-electron chi connectivity index (χ4n) is 6.13. The lowest BCUT2D eigenvalue weighted by Crippen LogP contribution is -2.48. The van der Waals surface area contributed by atoms with Gasteiger partial charge in [-0.2, -0.15) is 5.10 Å². The molecule has 4 aromatic rings. The summed E-state index contributed by atoms with van der Waals surface area (Å²) in [4.78, 5) is 48.4. The Balaban J connectivity index is 1.22. The van der Waals surface area contributed by atoms with Gasteiger partial charge in [-0.3, -0.25) is 19.6 Å². The second kappa shape index (κ2) is 13.5. The lowest BCUT2D eigenvalue weighted by atomic mass is 9.96. The monoisotopic (exact) mass is 666 g/mol. The van der Waals surface area contributed by atoms with Crippen LogP contribution in [-0.4, -0.2) is 109 Å². The summed E-state index contributed by atoms with van der Waals surface area (Å²) < 4.78 is 41.5. The zero-order chi connectivity index (χ0) is 34.3. The van der Waals surface area contributed by atoms with E-state index in [9.17, 15) is 24.6 Å². The number of aromatic nitrogens is 4. The van der Waals surface area contributed by atoms with Crippen LogP contribution in [0.2, 0.25) is 0 Å². The summed E-state index contributed by atoms with van der Waals surface area (Å²) in [5.74, 6) is -3.99. The van der Waals surface area contributed by atoms with E-state index in [2.05, 4.69) is 25.1 Å². The van der Waals surface area contributed by atoms with Gasteiger partial charge in [-0.05, 0) is 61.2 Å². The maximum Gasteiger partial charge on any atom is 0.343 e. The number of rotatable bonds is 9. The SMILES string of the molecule is CCc1cc(OC(=O)[C@H](O)[C@@H](O)C(C)=O)c(F)cc1-c1cc(F)c2c(-c3nc4c([nH]3)CN(C(=O)CN3CCO[C@@H](C)C3)CC4)n[nH]c2c1. The van der Waals surface area contributed by atoms with Gasteiger partial charge >= 0.3 is 5.97 Å². The zero-order valence-corrected chi connectivity index (χ0v) is 26.7. The largest absolute Gasteiger partial charge is 0.421 e. The van der Waals surface area contributed by atoms with Crippen molar-refractivity contribution in [2.24, 2.45) is 0 Å². The molecule has 0 radical (unpaired) electrons. The van der Waals surface area contributed by atoms with Crippen LogP contribution in [-0.2, 0) is 38.5 Å². The number of ether oxygens (including phenoxy) is 2. The molecule has 0 spiro atoms. The average molecular weight is 667 g/mol. The van der Waals surface area contributed by atoms with Crippen molar-refractivity contribution in [1.82, 2.24) is 30.0 Å². The number of hydrogen-bond acceptors (Lipinski definition) is 10. The molecule has 2 aliphatic heterocycles. The fourth-order valence-corrected chi connectivity index (χ4v) is 6.13. The van der Waals surface area contributed by atoms with Gasteiger partial charge in [0.15, 0.2) is 29.3 Å². The number of nitrogens with zero attached hydrogens (tertiary/aromatic N) is 4. The van der Waals surface area contributed by atoms with Crippen molar-refractivity contribution >= 4 is 28.6 Å². The molecule has 2 aliphatic rings. The van der Waals surface area contributed by atoms with Crippen molar-refractivity contribution in [3.8, 4) is 28.4 Å². The molecule has 1 saturated heterocycles. The molecule has 0 aliphatic carbocycles. The first-order chi connectivity index (χ1) is 22.9. The molecular formula is C33H36F2N6O7. The number of benzene rings is 2. The molecule has 2 aromatic heterocycles. The summed E-state index contributed by atoms with van der Waals surface area (Å²) in [5, 5.41) is 26.9. The van der Waals surface area contributed by atoms with E-state index >= 15 is 8.78 Å². The number of morpholine rings is 1. The third kappa shape index (κ3) is 6.58. The number of ketones is 1. The molecule has 0 bridgehead atoms. The van der Waals surface area contributed by atoms with E-state index in [1.165, 1.54) is 12.1 Å². The van der Waals surface area contributed by atoms with Crippen LogP contribution in [0.15, 0.2) is 24.3 Å². The molecule has 15 heteroatoms. The average Bonchev–Trinajstić information content (AvgIpc) is 3.69. The lowest BCUT2D eigenvalue weighted by Gasteiger charge is -2.33. The summed E-state index contributed by atoms with van der Waals surface area (Å²) in [6.07, 6.45) is -3.24. The van der Waals surface area contributed by atoms with Crippen molar-refractivity contribution in [1.29, 1.82) is 0 Å². The number of fused-ring (bicyclic) bond motifs is 2. The van der Waals surface area contributed by atoms with E-state index in [0.717, 1.165) is 24.4 Å². The van der Waals surface area contributed by atoms with E-state index in [4.69, 9.17) is 9.47 Å². The first-order valence-electron chi connectivity index (χ1n) is 15.7. The maximum absolute atomic E-state index is 15.8. The van der Waals surface area contributed by atoms with Gasteiger partial charge in [-0.15, -0.1) is 0 Å². The first-order valence-corrected chi connectivity index (χ1v) is 15.7. The van der Waals surface area contributed by atoms with E-state index < -0.39 is 41.3 Å². The molecular weight excluding hydrogens is 630 g/mol. The van der Waals surface area contributed by atoms with Crippen LogP contribution in [0.3, 0.4) is 0 Å². The third-order valence-corrected chi connectivity index (χ3v) is 8.73. The number of Topliss-reactive ketones (excluding diaryl/α,β-unsaturated/α-hetero) is 1. The maximum atomic E-state index is 15.8. The van der Waals surface area contributed by atoms with Crippen LogP contribution in [0.5, 0.6) is 5.75 Å². The number of imidazole rings is 1. The highest BCUT2D eigenvalue weighted by Crippen LogP contribution is 2.36. The number of aromatic amines is 2. The minimum Gasteiger partial charge on any atom is -0.421 e. The highest BCUT2D eigenvalue weighted by atomic mass is 19.1. The second-order valence-electron chi connectivity index (χ2n) is 12.2. The Kier molecular flexibility index (Phi) is 9.38. The number of nitrogens with one attached hydrogen (secondary N) is 2. The summed E-state index contributed by atoms with van der Waals surface area (Å²) in [6.45, 7) is 7.93. The van der Waals surface area contributed by atoms with E-state index in [1.807, 2.05) is 6.92 Å². The summed E-state index contributed by atoms with van der Waals surface area (Å²) in [5.41, 5.74) is 3.32. The number of halogens is 2. The Morgan fingerprint density at radius 1 is 1.12 bits per heavy atom. The lowest BCUT2D eigenvalue weighted by molar-refractivity contribution is -0.154. The molecule has 0 saturated carbocycles. The molecule has 1 fully saturated rings. The second-order valence-corrected chi connectivity index (χ2v) is 12.2. The van der Waals surface area contributed by atoms with Gasteiger partial charge in [-0.1, -0.05) is 6.92 Å². The molecule has 48 heavy (non-hydrogen) atoms. The quantitative estimate of drug-likeness (QED) is 0.153. The van der Waals surface area contributed by atoms with Gasteiger partial charge < -0.3 is 29.6 Å². The normalized spacial score (nSPS) is 18.1. The van der Waals surface area contributed by atoms with Gasteiger partial charge in [-0.25, -0.2) is 18.6 Å². The Hall–Kier alpha value is -4.57. The van der Waals surface area contributed by atoms with Crippen molar-refractivity contribution in [3.63, 3.8) is 0 Å². The number of aliphatic hydroxyl groups excluding tert-OH is 2. The molecule has 254 valence electrons. The topological polar surface area (TPSA) is 174 Å². The zero-order valence-electron chi connectivity index (χ0n) is 26.7. The van der Waals surface area contributed by atoms with Gasteiger partial charge in [0.2, 0.25) is 5.91 Å². The first kappa shape index (κ1) is 33.3. The fraction of sp³-hybridized carbons (Fsp3) is 0.424. The number of esters is 1. The van der Waals surface area contributed by atoms with E-state index in [1.54, 1.807) is 17.9 Å². The van der Waals surface area contributed by atoms with Gasteiger partial charge in [0, 0.05) is 26.1 Å². The van der Waals surface area contributed by atoms with Gasteiger partial charge in [0.1, 0.15) is 17.6 Å². The summed E-state index contributed by atoms with van der Waals surface area (Å²) in [7, 11) is 0. The standard InChI is InChI=1S/C33H36F2N6O7/c1-4-18-11-26(48-33(46)31(45)30(44)17(3)42)21(34)12-20(18)19-9-22(35)28-24(10-19)38-39-29(28)32-36-23-5-6-41(14-25(23)37-32)27(43)15-40-7-8-47-16(2)13-40/h9-12,16,30-31,44-45H,4-8,13-15H2,1-3H3,(H,36,37)(H,38,39)/t16-,30-,31+/m0/s1. The number of amides is 1. The van der Waals surface area contributed by atoms with Crippen LogP contribution in [0.1, 0.15) is 37.7 Å². The number of carbonyl (C=O) groups is 3. The number of aryl methyl sites for hydroxylation is 1. The van der Waals surface area contributed by atoms with Crippen LogP contribution in [0.4, 0.5) is 8.78 Å². The van der Waals surface area contributed by atoms with Crippen molar-refractivity contribution < 1.29 is 42.9 Å². The van der Waals surface area contributed by atoms with Crippen molar-refractivity contribution in [3.05, 3.63) is 52.9 Å². The summed E-state index contributed by atoms with van der Waals surface area (Å²) >= 11 is 0. The Morgan fingerprint density at radius 2 is 1.92 bits per heavy atom. The minimum absolute atomic E-state index is 0.0214. The predicted octanol–water partition coefficient (Wildman–Crippen LogP) is 2.28. The molecule has 0 unspecified atom stereocenters. The highest BCUT2D eigenvalue weighted by molar-refractivity contribution is 5.95. The van der Waals surface area contributed by atoms with Gasteiger partial charge in [0.25, 0.3) is 0 Å². The van der Waals surface area contributed by atoms with Crippen LogP contribution >= 0.6 is 0 Å². The van der Waals surface area contributed by atoms with Crippen molar-refractivity contribution in [2.45, 2.75) is 58.5 Å². The number of H-pyrrole nitrogens is 2. The molecule has 1 amide bonds. The smallest absolute Gasteiger partial charge is 0.343 e. The van der Waals surface area contributed by atoms with Crippen LogP contribution in [0, 0.1) is 11.6 Å². The third-order valence-electron chi connectivity index (χ3n) is 8.73. The van der Waals surface area contributed by atoms with Gasteiger partial charge in [0.05, 0.1) is 48.1 Å². The number of aliphatic hydroxyl groups is 2. The number of carbonyl (C=O) groups excluding carboxylic acids is 3. The molecule has 13 nitrogen and oxygen atoms in total. The molecule has 6 rings (SSSR count). The minimum atomic E-state index is -2.19. The molecule has 4 heterocycles. The molecule has 3 atom stereocenters. The Bertz CT molecular complexity index is 1890. The van der Waals surface area contributed by atoms with Crippen molar-refractivity contribution in [2.75, 3.05) is 32.8 Å². The Labute approximate surface area is 273 Å². The molecule has 2 aromatic carbocycles. The highest BCUT2D eigenvalue weighted by Gasteiger charge is 2.31. The van der Waals surface area contributed by atoms with E-state index in [0.29, 0.717) is 80.2 Å². The summed E-state index contributed by atoms with van der Waals surface area (Å²) in [6, 6.07) is 5.21. The van der Waals surface area contributed by atoms with E-state index in [-0.39, 0.29) is 23.1 Å². The van der Waals surface area contributed by atoms with Crippen LogP contribution in [0.25, 0.3) is 33.5 Å². The number of hydrogen-bond donors (Lipinski definition) is 4. The Morgan fingerprint density at radius 3 is 2.65 bits per heavy atom. The predicted molar refractivity (Wildman–Crippen MR) is 168 cm³/mol. The van der Waals surface area contributed by atoms with Crippen LogP contribution < -0.4 is 4.74 Å².